The molecule has 44 heavy (non-hydrogen) atoms. The molecule has 3 heterocycles. The molecular weight excluding hydrogens is 593 g/mol. The monoisotopic (exact) mass is 622 g/mol. The molecule has 0 unspecified atom stereocenters. The van der Waals surface area contributed by atoms with Crippen molar-refractivity contribution in [2.45, 2.75) is 30.6 Å². The van der Waals surface area contributed by atoms with Crippen LogP contribution < -0.4 is 10.1 Å². The SMILES string of the molecule is COc1ccc([C@@H]2CC(c3cccs3)=NN2C(=O)CSc2nnc(CNC(=O)Cc3ccccc3)n2-c2ccccc2)cc1. The van der Waals surface area contributed by atoms with Gasteiger partial charge in [-0.3, -0.25) is 14.2 Å². The van der Waals surface area contributed by atoms with E-state index in [9.17, 15) is 9.59 Å². The van der Waals surface area contributed by atoms with Gasteiger partial charge in [0.15, 0.2) is 11.0 Å². The van der Waals surface area contributed by atoms with Crippen LogP contribution in [0.5, 0.6) is 5.75 Å². The molecule has 0 radical (unpaired) electrons. The first kappa shape index (κ1) is 29.3. The van der Waals surface area contributed by atoms with Gasteiger partial charge in [-0.2, -0.15) is 5.10 Å². The van der Waals surface area contributed by atoms with Crippen LogP contribution in [0.15, 0.2) is 113 Å². The van der Waals surface area contributed by atoms with Crippen LogP contribution in [0.25, 0.3) is 5.69 Å². The summed E-state index contributed by atoms with van der Waals surface area (Å²) in [6.45, 7) is 0.197. The third-order valence-electron chi connectivity index (χ3n) is 7.16. The molecule has 0 spiro atoms. The van der Waals surface area contributed by atoms with E-state index in [1.807, 2.05) is 107 Å². The summed E-state index contributed by atoms with van der Waals surface area (Å²) in [5.74, 6) is 1.19. The van der Waals surface area contributed by atoms with Crippen molar-refractivity contribution in [3.8, 4) is 11.4 Å². The Hall–Kier alpha value is -4.74. The minimum absolute atomic E-state index is 0.110. The first-order valence-corrected chi connectivity index (χ1v) is 16.0. The van der Waals surface area contributed by atoms with Crippen LogP contribution in [0.2, 0.25) is 0 Å². The van der Waals surface area contributed by atoms with Gasteiger partial charge in [-0.15, -0.1) is 21.5 Å². The quantitative estimate of drug-likeness (QED) is 0.191. The molecule has 1 atom stereocenters. The number of nitrogens with one attached hydrogen (secondary N) is 1. The van der Waals surface area contributed by atoms with E-state index in [4.69, 9.17) is 9.84 Å². The number of nitrogens with zero attached hydrogens (tertiary/aromatic N) is 5. The van der Waals surface area contributed by atoms with E-state index in [1.54, 1.807) is 23.5 Å². The fraction of sp³-hybridized carbons (Fsp3) is 0.182. The second-order valence-electron chi connectivity index (χ2n) is 10.1. The predicted octanol–water partition coefficient (Wildman–Crippen LogP) is 5.67. The standard InChI is InChI=1S/C33H30N6O3S2/c1-42-26-16-14-24(15-17-26)28-20-27(29-13-8-18-43-29)37-39(28)32(41)22-44-33-36-35-30(38(33)25-11-6-3-7-12-25)21-34-31(40)19-23-9-4-2-5-10-23/h2-18,28H,19-22H2,1H3,(H,34,40)/t28-/m0/s1. The number of carbonyl (C=O) groups is 2. The molecule has 1 N–H and O–H groups in total. The highest BCUT2D eigenvalue weighted by Gasteiger charge is 2.33. The molecule has 2 amide bonds. The average molecular weight is 623 g/mol. The summed E-state index contributed by atoms with van der Waals surface area (Å²) in [6, 6.07) is 30.8. The van der Waals surface area contributed by atoms with Gasteiger partial charge in [-0.1, -0.05) is 78.5 Å². The number of ether oxygens (including phenoxy) is 1. The van der Waals surface area contributed by atoms with Crippen molar-refractivity contribution >= 4 is 40.6 Å². The Kier molecular flexibility index (Phi) is 9.14. The molecule has 1 aliphatic heterocycles. The van der Waals surface area contributed by atoms with Gasteiger partial charge in [0.2, 0.25) is 5.91 Å². The second kappa shape index (κ2) is 13.7. The van der Waals surface area contributed by atoms with Gasteiger partial charge >= 0.3 is 0 Å². The molecular formula is C33H30N6O3S2. The van der Waals surface area contributed by atoms with E-state index in [0.29, 0.717) is 17.4 Å². The van der Waals surface area contributed by atoms with Crippen molar-refractivity contribution < 1.29 is 14.3 Å². The van der Waals surface area contributed by atoms with Gasteiger partial charge in [0.05, 0.1) is 42.5 Å². The lowest BCUT2D eigenvalue weighted by Gasteiger charge is -2.22. The van der Waals surface area contributed by atoms with E-state index in [1.165, 1.54) is 11.8 Å². The number of para-hydroxylation sites is 1. The van der Waals surface area contributed by atoms with Gasteiger partial charge in [-0.25, -0.2) is 5.01 Å². The smallest absolute Gasteiger partial charge is 0.253 e. The molecule has 3 aromatic carbocycles. The van der Waals surface area contributed by atoms with Gasteiger partial charge < -0.3 is 10.1 Å². The van der Waals surface area contributed by atoms with Crippen LogP contribution in [0.1, 0.15) is 34.3 Å². The summed E-state index contributed by atoms with van der Waals surface area (Å²) in [4.78, 5) is 27.5. The zero-order chi connectivity index (χ0) is 30.3. The van der Waals surface area contributed by atoms with Crippen molar-refractivity contribution in [3.63, 3.8) is 0 Å². The highest BCUT2D eigenvalue weighted by Crippen LogP contribution is 2.35. The number of rotatable bonds is 11. The van der Waals surface area contributed by atoms with Crippen LogP contribution in [0.3, 0.4) is 0 Å². The largest absolute Gasteiger partial charge is 0.497 e. The molecule has 5 aromatic rings. The van der Waals surface area contributed by atoms with E-state index in [0.717, 1.165) is 33.2 Å². The maximum absolute atomic E-state index is 13.7. The molecule has 2 aromatic heterocycles. The van der Waals surface area contributed by atoms with Crippen LogP contribution in [0.4, 0.5) is 0 Å². The zero-order valence-corrected chi connectivity index (χ0v) is 25.6. The second-order valence-corrected chi connectivity index (χ2v) is 11.9. The number of thiophene rings is 1. The lowest BCUT2D eigenvalue weighted by atomic mass is 10.0. The summed E-state index contributed by atoms with van der Waals surface area (Å²) in [6.07, 6.45) is 0.895. The Balaban J connectivity index is 1.20. The molecule has 9 nitrogen and oxygen atoms in total. The van der Waals surface area contributed by atoms with E-state index in [-0.39, 0.29) is 36.6 Å². The van der Waals surface area contributed by atoms with Crippen LogP contribution >= 0.6 is 23.1 Å². The maximum Gasteiger partial charge on any atom is 0.253 e. The number of carbonyl (C=O) groups excluding carboxylic acids is 2. The number of amides is 2. The summed E-state index contributed by atoms with van der Waals surface area (Å²) >= 11 is 2.91. The van der Waals surface area contributed by atoms with E-state index in [2.05, 4.69) is 15.5 Å². The average Bonchev–Trinajstić information content (AvgIpc) is 3.84. The van der Waals surface area contributed by atoms with Crippen molar-refractivity contribution in [1.82, 2.24) is 25.1 Å². The van der Waals surface area contributed by atoms with Crippen LogP contribution in [0, 0.1) is 0 Å². The van der Waals surface area contributed by atoms with Crippen molar-refractivity contribution in [1.29, 1.82) is 0 Å². The van der Waals surface area contributed by atoms with Crippen molar-refractivity contribution in [2.24, 2.45) is 5.10 Å². The van der Waals surface area contributed by atoms with E-state index >= 15 is 0 Å². The third-order valence-corrected chi connectivity index (χ3v) is 9.00. The number of thioether (sulfide) groups is 1. The molecule has 0 fully saturated rings. The fourth-order valence-electron chi connectivity index (χ4n) is 4.98. The maximum atomic E-state index is 13.7. The Morgan fingerprint density at radius 1 is 0.955 bits per heavy atom. The number of hydrogen-bond donors (Lipinski definition) is 1. The predicted molar refractivity (Wildman–Crippen MR) is 172 cm³/mol. The van der Waals surface area contributed by atoms with Crippen LogP contribution in [-0.4, -0.2) is 50.2 Å². The van der Waals surface area contributed by atoms with Gasteiger partial charge in [-0.05, 0) is 46.8 Å². The molecule has 11 heteroatoms. The molecule has 0 saturated heterocycles. The first-order chi connectivity index (χ1) is 21.6. The zero-order valence-electron chi connectivity index (χ0n) is 24.0. The third kappa shape index (κ3) is 6.74. The Bertz CT molecular complexity index is 1740. The van der Waals surface area contributed by atoms with Gasteiger partial charge in [0, 0.05) is 12.1 Å². The lowest BCUT2D eigenvalue weighted by Crippen LogP contribution is -2.28. The van der Waals surface area contributed by atoms with E-state index < -0.39 is 0 Å². The minimum Gasteiger partial charge on any atom is -0.497 e. The molecule has 0 aliphatic carbocycles. The summed E-state index contributed by atoms with van der Waals surface area (Å²) in [5.41, 5.74) is 3.65. The summed E-state index contributed by atoms with van der Waals surface area (Å²) in [5, 5.41) is 20.7. The molecule has 0 bridgehead atoms. The van der Waals surface area contributed by atoms with Gasteiger partial charge in [0.25, 0.3) is 5.91 Å². The normalized spacial score (nSPS) is 14.3. The number of hydrogen-bond acceptors (Lipinski definition) is 8. The highest BCUT2D eigenvalue weighted by atomic mass is 32.2. The number of hydrazone groups is 1. The van der Waals surface area contributed by atoms with Gasteiger partial charge in [0.1, 0.15) is 5.75 Å². The van der Waals surface area contributed by atoms with Crippen LogP contribution in [-0.2, 0) is 22.6 Å². The molecule has 1 aliphatic rings. The fourth-order valence-corrected chi connectivity index (χ4v) is 6.52. The lowest BCUT2D eigenvalue weighted by molar-refractivity contribution is -0.130. The van der Waals surface area contributed by atoms with Crippen molar-refractivity contribution in [2.75, 3.05) is 12.9 Å². The molecule has 0 saturated carbocycles. The van der Waals surface area contributed by atoms with Crippen molar-refractivity contribution in [3.05, 3.63) is 124 Å². The highest BCUT2D eigenvalue weighted by molar-refractivity contribution is 7.99. The first-order valence-electron chi connectivity index (χ1n) is 14.1. The topological polar surface area (TPSA) is 102 Å². The number of aromatic nitrogens is 3. The number of benzene rings is 3. The Morgan fingerprint density at radius 2 is 1.70 bits per heavy atom. The minimum atomic E-state index is -0.228. The molecule has 6 rings (SSSR count). The Labute approximate surface area is 263 Å². The Morgan fingerprint density at radius 3 is 2.41 bits per heavy atom. The summed E-state index contributed by atoms with van der Waals surface area (Å²) < 4.78 is 7.21. The molecule has 222 valence electrons. The number of methoxy groups -OCH3 is 1. The summed E-state index contributed by atoms with van der Waals surface area (Å²) in [7, 11) is 1.63.